The first-order valence-corrected chi connectivity index (χ1v) is 4.69. The van der Waals surface area contributed by atoms with Gasteiger partial charge in [-0.05, 0) is 12.8 Å². The predicted octanol–water partition coefficient (Wildman–Crippen LogP) is 0.792. The second-order valence-corrected chi connectivity index (χ2v) is 3.61. The van der Waals surface area contributed by atoms with E-state index in [0.717, 1.165) is 13.0 Å². The van der Waals surface area contributed by atoms with Gasteiger partial charge in [-0.3, -0.25) is 4.79 Å². The number of amides is 1. The third kappa shape index (κ3) is 2.56. The molecule has 0 saturated carbocycles. The summed E-state index contributed by atoms with van der Waals surface area (Å²) in [5, 5.41) is 9.64. The monoisotopic (exact) mass is 183 g/mol. The summed E-state index contributed by atoms with van der Waals surface area (Å²) in [7, 11) is 0. The average molecular weight is 183 g/mol. The van der Waals surface area contributed by atoms with Gasteiger partial charge in [-0.25, -0.2) is 0 Å². The lowest BCUT2D eigenvalue weighted by Gasteiger charge is -2.17. The SMILES string of the molecule is C=CCC(O)[C@H]1CCN(C(C)=O)C1. The molecule has 1 aliphatic heterocycles. The number of hydrogen-bond acceptors (Lipinski definition) is 2. The quantitative estimate of drug-likeness (QED) is 0.657. The number of carbonyl (C=O) groups excluding carboxylic acids is 1. The molecule has 0 aliphatic carbocycles. The van der Waals surface area contributed by atoms with Crippen LogP contribution in [0.2, 0.25) is 0 Å². The summed E-state index contributed by atoms with van der Waals surface area (Å²) in [5.41, 5.74) is 0. The Morgan fingerprint density at radius 2 is 2.54 bits per heavy atom. The van der Waals surface area contributed by atoms with Gasteiger partial charge in [0, 0.05) is 25.9 Å². The molecule has 1 N–H and O–H groups in total. The van der Waals surface area contributed by atoms with Gasteiger partial charge < -0.3 is 10.0 Å². The molecule has 0 aromatic heterocycles. The van der Waals surface area contributed by atoms with Gasteiger partial charge in [0.05, 0.1) is 6.10 Å². The lowest BCUT2D eigenvalue weighted by Crippen LogP contribution is -2.28. The van der Waals surface area contributed by atoms with E-state index in [4.69, 9.17) is 0 Å². The Kier molecular flexibility index (Phi) is 3.48. The van der Waals surface area contributed by atoms with Gasteiger partial charge in [-0.2, -0.15) is 0 Å². The van der Waals surface area contributed by atoms with Gasteiger partial charge in [-0.1, -0.05) is 6.08 Å². The zero-order valence-corrected chi connectivity index (χ0v) is 8.07. The summed E-state index contributed by atoms with van der Waals surface area (Å²) < 4.78 is 0. The summed E-state index contributed by atoms with van der Waals surface area (Å²) in [5.74, 6) is 0.343. The molecule has 3 heteroatoms. The average Bonchev–Trinajstić information content (AvgIpc) is 2.52. The van der Waals surface area contributed by atoms with Crippen LogP contribution in [0.25, 0.3) is 0 Å². The van der Waals surface area contributed by atoms with Crippen molar-refractivity contribution in [1.29, 1.82) is 0 Å². The number of nitrogens with zero attached hydrogens (tertiary/aromatic N) is 1. The Labute approximate surface area is 79.0 Å². The summed E-state index contributed by atoms with van der Waals surface area (Å²) in [6.45, 7) is 6.64. The van der Waals surface area contributed by atoms with E-state index in [1.165, 1.54) is 0 Å². The van der Waals surface area contributed by atoms with Crippen LogP contribution in [0.4, 0.5) is 0 Å². The van der Waals surface area contributed by atoms with Crippen LogP contribution in [-0.2, 0) is 4.79 Å². The van der Waals surface area contributed by atoms with Crippen LogP contribution < -0.4 is 0 Å². The third-order valence-electron chi connectivity index (χ3n) is 2.62. The van der Waals surface area contributed by atoms with Crippen LogP contribution >= 0.6 is 0 Å². The number of likely N-dealkylation sites (tertiary alicyclic amines) is 1. The van der Waals surface area contributed by atoms with Crippen LogP contribution in [0.15, 0.2) is 12.7 Å². The van der Waals surface area contributed by atoms with Crippen LogP contribution in [0.3, 0.4) is 0 Å². The number of carbonyl (C=O) groups is 1. The molecule has 1 amide bonds. The van der Waals surface area contributed by atoms with E-state index < -0.39 is 0 Å². The van der Waals surface area contributed by atoms with Crippen molar-refractivity contribution in [1.82, 2.24) is 4.90 Å². The Hall–Kier alpha value is -0.830. The molecule has 0 spiro atoms. The zero-order valence-electron chi connectivity index (χ0n) is 8.07. The van der Waals surface area contributed by atoms with Crippen molar-refractivity contribution >= 4 is 5.91 Å². The van der Waals surface area contributed by atoms with Crippen molar-refractivity contribution in [3.63, 3.8) is 0 Å². The molecule has 1 unspecified atom stereocenters. The minimum absolute atomic E-state index is 0.105. The van der Waals surface area contributed by atoms with E-state index in [9.17, 15) is 9.90 Å². The third-order valence-corrected chi connectivity index (χ3v) is 2.62. The largest absolute Gasteiger partial charge is 0.392 e. The van der Waals surface area contributed by atoms with Crippen molar-refractivity contribution in [3.05, 3.63) is 12.7 Å². The van der Waals surface area contributed by atoms with Gasteiger partial charge in [0.25, 0.3) is 0 Å². The molecule has 0 aromatic carbocycles. The first-order valence-electron chi connectivity index (χ1n) is 4.69. The summed E-state index contributed by atoms with van der Waals surface area (Å²) >= 11 is 0. The highest BCUT2D eigenvalue weighted by Crippen LogP contribution is 2.21. The lowest BCUT2D eigenvalue weighted by molar-refractivity contribution is -0.128. The molecule has 3 nitrogen and oxygen atoms in total. The van der Waals surface area contributed by atoms with Crippen molar-refractivity contribution in [2.45, 2.75) is 25.9 Å². The molecule has 1 rings (SSSR count). The number of aliphatic hydroxyl groups excluding tert-OH is 1. The zero-order chi connectivity index (χ0) is 9.84. The highest BCUT2D eigenvalue weighted by atomic mass is 16.3. The highest BCUT2D eigenvalue weighted by Gasteiger charge is 2.28. The first-order chi connectivity index (χ1) is 6.15. The molecule has 74 valence electrons. The summed E-state index contributed by atoms with van der Waals surface area (Å²) in [4.78, 5) is 12.8. The molecular weight excluding hydrogens is 166 g/mol. The van der Waals surface area contributed by atoms with Gasteiger partial charge in [0.1, 0.15) is 0 Å². The fraction of sp³-hybridized carbons (Fsp3) is 0.700. The molecule has 1 saturated heterocycles. The summed E-state index contributed by atoms with van der Waals surface area (Å²) in [6.07, 6.45) is 2.92. The Balaban J connectivity index is 2.40. The smallest absolute Gasteiger partial charge is 0.219 e. The maximum Gasteiger partial charge on any atom is 0.219 e. The molecule has 1 aliphatic rings. The van der Waals surface area contributed by atoms with E-state index in [-0.39, 0.29) is 17.9 Å². The molecule has 2 atom stereocenters. The topological polar surface area (TPSA) is 40.5 Å². The predicted molar refractivity (Wildman–Crippen MR) is 51.2 cm³/mol. The van der Waals surface area contributed by atoms with Crippen LogP contribution in [0.5, 0.6) is 0 Å². The Bertz CT molecular complexity index is 203. The molecule has 0 radical (unpaired) electrons. The maximum absolute atomic E-state index is 11.0. The summed E-state index contributed by atoms with van der Waals surface area (Å²) in [6, 6.07) is 0. The van der Waals surface area contributed by atoms with E-state index in [1.54, 1.807) is 17.9 Å². The van der Waals surface area contributed by atoms with Gasteiger partial charge in [0.15, 0.2) is 0 Å². The van der Waals surface area contributed by atoms with Gasteiger partial charge >= 0.3 is 0 Å². The van der Waals surface area contributed by atoms with E-state index in [1.807, 2.05) is 0 Å². The van der Waals surface area contributed by atoms with Crippen LogP contribution in [0, 0.1) is 5.92 Å². The molecular formula is C10H17NO2. The van der Waals surface area contributed by atoms with Crippen molar-refractivity contribution in [2.24, 2.45) is 5.92 Å². The van der Waals surface area contributed by atoms with E-state index in [2.05, 4.69) is 6.58 Å². The first kappa shape index (κ1) is 10.3. The van der Waals surface area contributed by atoms with E-state index in [0.29, 0.717) is 13.0 Å². The normalized spacial score (nSPS) is 24.5. The van der Waals surface area contributed by atoms with Gasteiger partial charge in [0.2, 0.25) is 5.91 Å². The second-order valence-electron chi connectivity index (χ2n) is 3.61. The van der Waals surface area contributed by atoms with Crippen molar-refractivity contribution in [2.75, 3.05) is 13.1 Å². The molecule has 13 heavy (non-hydrogen) atoms. The minimum Gasteiger partial charge on any atom is -0.392 e. The van der Waals surface area contributed by atoms with Crippen molar-refractivity contribution < 1.29 is 9.90 Å². The molecule has 0 aromatic rings. The van der Waals surface area contributed by atoms with Gasteiger partial charge in [-0.15, -0.1) is 6.58 Å². The number of hydrogen-bond donors (Lipinski definition) is 1. The van der Waals surface area contributed by atoms with E-state index >= 15 is 0 Å². The van der Waals surface area contributed by atoms with Crippen LogP contribution in [-0.4, -0.2) is 35.1 Å². The number of aliphatic hydroxyl groups is 1. The van der Waals surface area contributed by atoms with Crippen LogP contribution in [0.1, 0.15) is 19.8 Å². The second kappa shape index (κ2) is 4.42. The molecule has 1 fully saturated rings. The molecule has 1 heterocycles. The minimum atomic E-state index is -0.332. The standard InChI is InChI=1S/C10H17NO2/c1-3-4-10(13)9-5-6-11(7-9)8(2)12/h3,9-10,13H,1,4-7H2,2H3/t9-,10?/m0/s1. The maximum atomic E-state index is 11.0. The Morgan fingerprint density at radius 3 is 3.00 bits per heavy atom. The molecule has 0 bridgehead atoms. The fourth-order valence-corrected chi connectivity index (χ4v) is 1.75. The fourth-order valence-electron chi connectivity index (χ4n) is 1.75. The highest BCUT2D eigenvalue weighted by molar-refractivity contribution is 5.73. The lowest BCUT2D eigenvalue weighted by atomic mass is 9.99. The van der Waals surface area contributed by atoms with Crippen molar-refractivity contribution in [3.8, 4) is 0 Å². The number of rotatable bonds is 3. The Morgan fingerprint density at radius 1 is 1.85 bits per heavy atom.